The van der Waals surface area contributed by atoms with E-state index in [2.05, 4.69) is 15.7 Å². The van der Waals surface area contributed by atoms with Gasteiger partial charge < -0.3 is 10.6 Å². The first-order valence-electron chi connectivity index (χ1n) is 7.51. The molecule has 130 valence electrons. The maximum Gasteiger partial charge on any atom is 0.405 e. The molecular formula is C14H22F3N5O. The third kappa shape index (κ3) is 4.03. The molecule has 0 radical (unpaired) electrons. The molecule has 2 N–H and O–H groups in total. The van der Waals surface area contributed by atoms with Crippen LogP contribution in [-0.4, -0.2) is 65.5 Å². The molecule has 2 heterocycles. The third-order valence-corrected chi connectivity index (χ3v) is 4.16. The van der Waals surface area contributed by atoms with Crippen LogP contribution in [0.15, 0.2) is 0 Å². The minimum absolute atomic E-state index is 0.311. The van der Waals surface area contributed by atoms with Crippen molar-refractivity contribution >= 4 is 5.91 Å². The first kappa shape index (κ1) is 17.7. The van der Waals surface area contributed by atoms with Crippen molar-refractivity contribution in [1.82, 2.24) is 25.3 Å². The van der Waals surface area contributed by atoms with Crippen LogP contribution in [0.5, 0.6) is 0 Å². The van der Waals surface area contributed by atoms with Crippen molar-refractivity contribution in [3.63, 3.8) is 0 Å². The van der Waals surface area contributed by atoms with E-state index in [1.807, 2.05) is 0 Å². The highest BCUT2D eigenvalue weighted by atomic mass is 19.4. The zero-order valence-corrected chi connectivity index (χ0v) is 13.5. The smallest absolute Gasteiger partial charge is 0.350 e. The molecule has 1 amide bonds. The fourth-order valence-electron chi connectivity index (χ4n) is 2.83. The van der Waals surface area contributed by atoms with Crippen LogP contribution in [0.2, 0.25) is 0 Å². The van der Waals surface area contributed by atoms with Gasteiger partial charge in [-0.3, -0.25) is 14.4 Å². The Labute approximate surface area is 133 Å². The lowest BCUT2D eigenvalue weighted by Gasteiger charge is -2.35. The van der Waals surface area contributed by atoms with Crippen molar-refractivity contribution in [2.24, 2.45) is 7.05 Å². The van der Waals surface area contributed by atoms with Crippen LogP contribution < -0.4 is 10.6 Å². The highest BCUT2D eigenvalue weighted by molar-refractivity contribution is 5.96. The number of alkyl halides is 3. The molecule has 6 nitrogen and oxygen atoms in total. The van der Waals surface area contributed by atoms with E-state index in [0.29, 0.717) is 43.1 Å². The first-order valence-corrected chi connectivity index (χ1v) is 7.51. The van der Waals surface area contributed by atoms with Gasteiger partial charge in [0, 0.05) is 45.5 Å². The Morgan fingerprint density at radius 1 is 1.35 bits per heavy atom. The molecule has 23 heavy (non-hydrogen) atoms. The Morgan fingerprint density at radius 2 is 1.96 bits per heavy atom. The summed E-state index contributed by atoms with van der Waals surface area (Å²) in [6.07, 6.45) is -4.39. The average molecular weight is 333 g/mol. The van der Waals surface area contributed by atoms with Crippen LogP contribution in [0.4, 0.5) is 13.2 Å². The van der Waals surface area contributed by atoms with E-state index >= 15 is 0 Å². The summed E-state index contributed by atoms with van der Waals surface area (Å²) in [5, 5.41) is 9.56. The zero-order chi connectivity index (χ0) is 17.2. The fourth-order valence-corrected chi connectivity index (χ4v) is 2.83. The van der Waals surface area contributed by atoms with E-state index in [1.165, 1.54) is 4.90 Å². The van der Waals surface area contributed by atoms with E-state index in [9.17, 15) is 18.0 Å². The quantitative estimate of drug-likeness (QED) is 0.847. The molecule has 0 aliphatic carbocycles. The number of nitrogens with one attached hydrogen (secondary N) is 2. The van der Waals surface area contributed by atoms with Gasteiger partial charge in [-0.2, -0.15) is 18.3 Å². The molecule has 1 unspecified atom stereocenters. The van der Waals surface area contributed by atoms with E-state index in [0.717, 1.165) is 0 Å². The van der Waals surface area contributed by atoms with Gasteiger partial charge in [0.05, 0.1) is 11.3 Å². The maximum absolute atomic E-state index is 13.3. The predicted octanol–water partition coefficient (Wildman–Crippen LogP) is 0.603. The van der Waals surface area contributed by atoms with Crippen LogP contribution >= 0.6 is 0 Å². The Balaban J connectivity index is 2.07. The number of rotatable bonds is 4. The van der Waals surface area contributed by atoms with Crippen molar-refractivity contribution in [3.05, 3.63) is 17.0 Å². The number of piperazine rings is 1. The number of hydrogen-bond donors (Lipinski definition) is 2. The molecule has 1 fully saturated rings. The lowest BCUT2D eigenvalue weighted by molar-refractivity contribution is -0.183. The summed E-state index contributed by atoms with van der Waals surface area (Å²) in [4.78, 5) is 13.6. The highest BCUT2D eigenvalue weighted by Gasteiger charge is 2.44. The van der Waals surface area contributed by atoms with Gasteiger partial charge in [-0.05, 0) is 13.8 Å². The Morgan fingerprint density at radius 3 is 2.43 bits per heavy atom. The summed E-state index contributed by atoms with van der Waals surface area (Å²) in [7, 11) is 1.69. The molecular weight excluding hydrogens is 311 g/mol. The molecule has 1 aliphatic heterocycles. The third-order valence-electron chi connectivity index (χ3n) is 4.16. The van der Waals surface area contributed by atoms with Gasteiger partial charge in [-0.25, -0.2) is 0 Å². The largest absolute Gasteiger partial charge is 0.405 e. The zero-order valence-electron chi connectivity index (χ0n) is 13.5. The summed E-state index contributed by atoms with van der Waals surface area (Å²) >= 11 is 0. The fraction of sp³-hybridized carbons (Fsp3) is 0.714. The number of nitrogens with zero attached hydrogens (tertiary/aromatic N) is 3. The van der Waals surface area contributed by atoms with Gasteiger partial charge >= 0.3 is 6.18 Å². The van der Waals surface area contributed by atoms with Gasteiger partial charge in [0.1, 0.15) is 6.04 Å². The first-order chi connectivity index (χ1) is 10.7. The Bertz CT molecular complexity index is 563. The highest BCUT2D eigenvalue weighted by Crippen LogP contribution is 2.25. The molecule has 0 spiro atoms. The van der Waals surface area contributed by atoms with Crippen molar-refractivity contribution < 1.29 is 18.0 Å². The number of halogens is 3. The molecule has 0 bridgehead atoms. The lowest BCUT2D eigenvalue weighted by Crippen LogP contribution is -2.57. The summed E-state index contributed by atoms with van der Waals surface area (Å²) in [6.45, 7) is 4.57. The van der Waals surface area contributed by atoms with Crippen molar-refractivity contribution in [2.75, 3.05) is 32.7 Å². The van der Waals surface area contributed by atoms with Crippen LogP contribution in [0, 0.1) is 13.8 Å². The monoisotopic (exact) mass is 333 g/mol. The summed E-state index contributed by atoms with van der Waals surface area (Å²) in [5.41, 5.74) is 1.48. The standard InChI is InChI=1S/C14H22F3N5O/c1-9-12(10(2)21(3)20-9)13(23)19-8-11(14(15,16)17)22-6-4-18-5-7-22/h11,18H,4-8H2,1-3H3,(H,19,23). The minimum atomic E-state index is -4.39. The second kappa shape index (κ2) is 6.88. The van der Waals surface area contributed by atoms with E-state index in [4.69, 9.17) is 0 Å². The number of hydrogen-bond acceptors (Lipinski definition) is 4. The Kier molecular flexibility index (Phi) is 5.30. The average Bonchev–Trinajstić information content (AvgIpc) is 2.72. The Hall–Kier alpha value is -1.61. The van der Waals surface area contributed by atoms with E-state index in [1.54, 1.807) is 25.6 Å². The summed E-state index contributed by atoms with van der Waals surface area (Å²) in [6, 6.07) is -1.68. The number of carbonyl (C=O) groups is 1. The van der Waals surface area contributed by atoms with Crippen molar-refractivity contribution in [1.29, 1.82) is 0 Å². The number of carbonyl (C=O) groups excluding carboxylic acids is 1. The SMILES string of the molecule is Cc1nn(C)c(C)c1C(=O)NCC(N1CCNCC1)C(F)(F)F. The topological polar surface area (TPSA) is 62.2 Å². The molecule has 1 aromatic rings. The molecule has 2 rings (SSSR count). The minimum Gasteiger partial charge on any atom is -0.350 e. The molecule has 9 heteroatoms. The van der Waals surface area contributed by atoms with Crippen LogP contribution in [0.1, 0.15) is 21.7 Å². The van der Waals surface area contributed by atoms with E-state index < -0.39 is 24.7 Å². The van der Waals surface area contributed by atoms with Crippen LogP contribution in [0.25, 0.3) is 0 Å². The van der Waals surface area contributed by atoms with Gasteiger partial charge in [0.2, 0.25) is 0 Å². The van der Waals surface area contributed by atoms with Crippen molar-refractivity contribution in [3.8, 4) is 0 Å². The molecule has 1 aliphatic rings. The molecule has 1 saturated heterocycles. The number of amides is 1. The van der Waals surface area contributed by atoms with Crippen LogP contribution in [-0.2, 0) is 7.05 Å². The van der Waals surface area contributed by atoms with E-state index in [-0.39, 0.29) is 0 Å². The van der Waals surface area contributed by atoms with Crippen LogP contribution in [0.3, 0.4) is 0 Å². The maximum atomic E-state index is 13.3. The van der Waals surface area contributed by atoms with Gasteiger partial charge in [-0.15, -0.1) is 0 Å². The second-order valence-corrected chi connectivity index (χ2v) is 5.72. The molecule has 0 saturated carbocycles. The molecule has 0 aromatic carbocycles. The molecule has 1 aromatic heterocycles. The normalized spacial score (nSPS) is 18.0. The number of aromatic nitrogens is 2. The second-order valence-electron chi connectivity index (χ2n) is 5.72. The predicted molar refractivity (Wildman–Crippen MR) is 79.3 cm³/mol. The van der Waals surface area contributed by atoms with Gasteiger partial charge in [0.25, 0.3) is 5.91 Å². The number of aryl methyl sites for hydroxylation is 2. The van der Waals surface area contributed by atoms with Gasteiger partial charge in [-0.1, -0.05) is 0 Å². The molecule has 1 atom stereocenters. The lowest BCUT2D eigenvalue weighted by atomic mass is 10.1. The van der Waals surface area contributed by atoms with Gasteiger partial charge in [0.15, 0.2) is 0 Å². The van der Waals surface area contributed by atoms with Crippen molar-refractivity contribution in [2.45, 2.75) is 26.1 Å². The summed E-state index contributed by atoms with van der Waals surface area (Å²) < 4.78 is 41.4. The summed E-state index contributed by atoms with van der Waals surface area (Å²) in [5.74, 6) is -0.516.